The normalized spacial score (nSPS) is 38.8. The van der Waals surface area contributed by atoms with E-state index in [0.29, 0.717) is 5.56 Å². The zero-order valence-electron chi connectivity index (χ0n) is 31.6. The van der Waals surface area contributed by atoms with Crippen LogP contribution in [0, 0.1) is 0 Å². The van der Waals surface area contributed by atoms with Crippen molar-refractivity contribution in [3.05, 3.63) is 51.1 Å². The van der Waals surface area contributed by atoms with E-state index in [2.05, 4.69) is 0 Å². The molecular formula is C38H49NO14. The molecule has 2 aromatic carbocycles. The van der Waals surface area contributed by atoms with Crippen LogP contribution in [-0.2, 0) is 40.4 Å². The van der Waals surface area contributed by atoms with E-state index < -0.39 is 89.4 Å². The number of fused-ring (bicyclic) bond motifs is 8. The molecule has 3 aliphatic heterocycles. The number of carbonyl (C=O) groups excluding carboxylic acids is 2. The first-order chi connectivity index (χ1) is 24.9. The molecule has 290 valence electrons. The van der Waals surface area contributed by atoms with Gasteiger partial charge in [-0.05, 0) is 59.5 Å². The minimum Gasteiger partial charge on any atom is -0.507 e. The Balaban J connectivity index is 1.35. The van der Waals surface area contributed by atoms with E-state index in [1.54, 1.807) is 40.0 Å². The summed E-state index contributed by atoms with van der Waals surface area (Å²) < 4.78 is 48.3. The average molecular weight is 744 g/mol. The maximum Gasteiger partial charge on any atom is 0.228 e. The predicted octanol–water partition coefficient (Wildman–Crippen LogP) is 1.73. The third-order valence-electron chi connectivity index (χ3n) is 12.0. The molecule has 4 N–H and O–H groups in total. The third-order valence-corrected chi connectivity index (χ3v) is 12.0. The number of rotatable bonds is 7. The molecular weight excluding hydrogens is 694 g/mol. The summed E-state index contributed by atoms with van der Waals surface area (Å²) in [7, 11) is 9.33. The fraction of sp³-hybridized carbons (Fsp3) is 0.632. The molecule has 15 heteroatoms. The zero-order valence-corrected chi connectivity index (χ0v) is 31.6. The summed E-state index contributed by atoms with van der Waals surface area (Å²) in [6, 6.07) is 2.19. The number of benzene rings is 2. The Kier molecular flexibility index (Phi) is 9.29. The van der Waals surface area contributed by atoms with Gasteiger partial charge in [0.2, 0.25) is 12.1 Å². The molecule has 5 aliphatic rings. The van der Waals surface area contributed by atoms with Gasteiger partial charge < -0.3 is 63.2 Å². The van der Waals surface area contributed by atoms with Gasteiger partial charge in [-0.2, -0.15) is 0 Å². The Bertz CT molecular complexity index is 1850. The van der Waals surface area contributed by atoms with Gasteiger partial charge in [0.25, 0.3) is 0 Å². The second kappa shape index (κ2) is 12.9. The van der Waals surface area contributed by atoms with Crippen LogP contribution in [0.25, 0.3) is 0 Å². The number of hydrogen-bond donors (Lipinski definition) is 4. The topological polar surface area (TPSA) is 192 Å². The van der Waals surface area contributed by atoms with Gasteiger partial charge in [0, 0.05) is 50.9 Å². The van der Waals surface area contributed by atoms with Crippen LogP contribution in [0.1, 0.15) is 88.8 Å². The third kappa shape index (κ3) is 5.39. The van der Waals surface area contributed by atoms with Crippen LogP contribution >= 0.6 is 0 Å². The molecule has 0 amide bonds. The first-order valence-corrected chi connectivity index (χ1v) is 17.6. The van der Waals surface area contributed by atoms with Gasteiger partial charge in [-0.15, -0.1) is 0 Å². The smallest absolute Gasteiger partial charge is 0.228 e. The lowest BCUT2D eigenvalue weighted by molar-refractivity contribution is -0.345. The van der Waals surface area contributed by atoms with Gasteiger partial charge >= 0.3 is 0 Å². The van der Waals surface area contributed by atoms with Crippen molar-refractivity contribution in [2.75, 3.05) is 42.5 Å². The molecule has 0 radical (unpaired) electrons. The Hall–Kier alpha value is -3.22. The number of phenolic OH excluding ortho intramolecular Hbond substituents is 1. The molecule has 0 aromatic heterocycles. The quantitative estimate of drug-likeness (QED) is 0.273. The lowest BCUT2D eigenvalue weighted by Gasteiger charge is -2.54. The number of methoxy groups -OCH3 is 4. The molecule has 3 heterocycles. The molecule has 2 aromatic rings. The number of likely N-dealkylation sites (N-methyl/N-ethyl adjacent to an activating group) is 1. The van der Waals surface area contributed by atoms with Crippen LogP contribution in [0.5, 0.6) is 17.2 Å². The highest BCUT2D eigenvalue weighted by Gasteiger charge is 2.60. The van der Waals surface area contributed by atoms with Gasteiger partial charge in [0.05, 0.1) is 47.7 Å². The number of ketones is 2. The molecule has 2 saturated heterocycles. The summed E-state index contributed by atoms with van der Waals surface area (Å²) >= 11 is 0. The standard InChI is InChI=1S/C38H49NO14/c1-15-32(47-8)38(4,49-10)33(48-9)35(50-15)51-20-14-36(2,45)13-16-11-17-22(27(41)21(16)20)28(42)23-19(46-7)12-18-30(24(23)26(17)40)52-34-29(43)25(39(5)6)31(44)37(18,3)53-34/h11-12,15,20,25,29,31-35,41,43-45H,13-14H2,1-10H3. The van der Waals surface area contributed by atoms with E-state index in [1.807, 2.05) is 13.8 Å². The maximum absolute atomic E-state index is 14.7. The molecule has 12 unspecified atom stereocenters. The van der Waals surface area contributed by atoms with Crippen LogP contribution in [0.2, 0.25) is 0 Å². The van der Waals surface area contributed by atoms with Gasteiger partial charge in [-0.1, -0.05) is 0 Å². The SMILES string of the molecule is COc1cc2c(c3c1C(=O)c1c(cc4c(c1O)C(OC1OC(C)C(OC)C(C)(OC)C1OC)CC(C)(O)C4)C3=O)OC1OC2(C)C(O)C(N(C)C)C1O. The van der Waals surface area contributed by atoms with E-state index in [0.717, 1.165) is 0 Å². The van der Waals surface area contributed by atoms with E-state index in [-0.39, 0.29) is 57.7 Å². The van der Waals surface area contributed by atoms with Crippen molar-refractivity contribution < 1.29 is 67.9 Å². The Morgan fingerprint density at radius 3 is 2.23 bits per heavy atom. The van der Waals surface area contributed by atoms with Crippen LogP contribution in [0.3, 0.4) is 0 Å². The second-order valence-electron chi connectivity index (χ2n) is 15.6. The number of phenols is 1. The number of aromatic hydroxyl groups is 1. The molecule has 7 rings (SSSR count). The molecule has 2 bridgehead atoms. The summed E-state index contributed by atoms with van der Waals surface area (Å²) in [5, 5.41) is 46.4. The monoisotopic (exact) mass is 743 g/mol. The number of carbonyl (C=O) groups is 2. The summed E-state index contributed by atoms with van der Waals surface area (Å²) in [5.41, 5.74) is -3.65. The molecule has 0 spiro atoms. The Morgan fingerprint density at radius 2 is 1.62 bits per heavy atom. The van der Waals surface area contributed by atoms with Crippen molar-refractivity contribution >= 4 is 11.6 Å². The molecule has 2 fully saturated rings. The summed E-state index contributed by atoms with van der Waals surface area (Å²) in [4.78, 5) is 31.0. The van der Waals surface area contributed by atoms with E-state index in [9.17, 15) is 30.0 Å². The van der Waals surface area contributed by atoms with E-state index in [4.69, 9.17) is 37.9 Å². The van der Waals surface area contributed by atoms with Gasteiger partial charge in [-0.25, -0.2) is 0 Å². The predicted molar refractivity (Wildman–Crippen MR) is 184 cm³/mol. The molecule has 12 atom stereocenters. The molecule has 15 nitrogen and oxygen atoms in total. The number of ether oxygens (including phenoxy) is 8. The maximum atomic E-state index is 14.7. The van der Waals surface area contributed by atoms with Crippen LogP contribution in [0.15, 0.2) is 12.1 Å². The number of hydrogen-bond acceptors (Lipinski definition) is 15. The molecule has 2 aliphatic carbocycles. The van der Waals surface area contributed by atoms with Gasteiger partial charge in [0.15, 0.2) is 12.1 Å². The van der Waals surface area contributed by atoms with Crippen LogP contribution < -0.4 is 9.47 Å². The minimum absolute atomic E-state index is 0.00119. The summed E-state index contributed by atoms with van der Waals surface area (Å²) in [5.74, 6) is -1.88. The molecule has 0 saturated carbocycles. The summed E-state index contributed by atoms with van der Waals surface area (Å²) in [6.07, 6.45) is -7.76. The number of aliphatic hydroxyl groups is 3. The largest absolute Gasteiger partial charge is 0.507 e. The lowest BCUT2D eigenvalue weighted by Crippen LogP contribution is -2.68. The van der Waals surface area contributed by atoms with Crippen molar-refractivity contribution in [3.63, 3.8) is 0 Å². The van der Waals surface area contributed by atoms with Gasteiger partial charge in [-0.3, -0.25) is 9.59 Å². The van der Waals surface area contributed by atoms with Crippen LogP contribution in [0.4, 0.5) is 0 Å². The van der Waals surface area contributed by atoms with Crippen molar-refractivity contribution in [1.82, 2.24) is 4.90 Å². The Morgan fingerprint density at radius 1 is 0.943 bits per heavy atom. The first-order valence-electron chi connectivity index (χ1n) is 17.6. The van der Waals surface area contributed by atoms with Crippen molar-refractivity contribution in [2.24, 2.45) is 0 Å². The van der Waals surface area contributed by atoms with E-state index in [1.165, 1.54) is 33.5 Å². The fourth-order valence-electron chi connectivity index (χ4n) is 9.34. The highest BCUT2D eigenvalue weighted by Crippen LogP contribution is 2.55. The fourth-order valence-corrected chi connectivity index (χ4v) is 9.34. The first kappa shape index (κ1) is 38.1. The zero-order chi connectivity index (χ0) is 38.7. The highest BCUT2D eigenvalue weighted by molar-refractivity contribution is 6.31. The van der Waals surface area contributed by atoms with Crippen molar-refractivity contribution in [3.8, 4) is 17.2 Å². The van der Waals surface area contributed by atoms with Crippen LogP contribution in [-0.4, -0.2) is 140 Å². The van der Waals surface area contributed by atoms with Crippen molar-refractivity contribution in [1.29, 1.82) is 0 Å². The van der Waals surface area contributed by atoms with E-state index >= 15 is 0 Å². The second-order valence-corrected chi connectivity index (χ2v) is 15.6. The number of aliphatic hydroxyl groups excluding tert-OH is 2. The Labute approximate surface area is 307 Å². The average Bonchev–Trinajstić information content (AvgIpc) is 3.08. The number of nitrogens with zero attached hydrogens (tertiary/aromatic N) is 1. The molecule has 53 heavy (non-hydrogen) atoms. The minimum atomic E-state index is -1.47. The highest BCUT2D eigenvalue weighted by atomic mass is 16.7. The lowest BCUT2D eigenvalue weighted by atomic mass is 9.72. The summed E-state index contributed by atoms with van der Waals surface area (Å²) in [6.45, 7) is 6.88. The van der Waals surface area contributed by atoms with Gasteiger partial charge in [0.1, 0.15) is 52.9 Å². The van der Waals surface area contributed by atoms with Crippen molar-refractivity contribution in [2.45, 2.75) is 113 Å².